The molecular formula is C12H7IN2O4S. The number of aromatic nitrogens is 1. The summed E-state index contributed by atoms with van der Waals surface area (Å²) in [6, 6.07) is 7.63. The average molecular weight is 402 g/mol. The molecule has 0 aliphatic carbocycles. The van der Waals surface area contributed by atoms with Crippen molar-refractivity contribution in [1.82, 2.24) is 4.98 Å². The first-order chi connectivity index (χ1) is 9.47. The van der Waals surface area contributed by atoms with Gasteiger partial charge in [-0.25, -0.2) is 9.78 Å². The molecule has 2 rings (SSSR count). The summed E-state index contributed by atoms with van der Waals surface area (Å²) in [6.07, 6.45) is 1.28. The van der Waals surface area contributed by atoms with E-state index >= 15 is 0 Å². The quantitative estimate of drug-likeness (QED) is 0.479. The maximum atomic E-state index is 10.7. The number of carboxylic acids is 1. The molecule has 6 nitrogen and oxygen atoms in total. The van der Waals surface area contributed by atoms with E-state index in [0.717, 1.165) is 8.47 Å². The lowest BCUT2D eigenvalue weighted by molar-refractivity contribution is -0.385. The van der Waals surface area contributed by atoms with E-state index in [1.54, 1.807) is 12.1 Å². The van der Waals surface area contributed by atoms with Crippen LogP contribution in [0.5, 0.6) is 0 Å². The maximum Gasteiger partial charge on any atom is 0.337 e. The molecule has 1 aromatic heterocycles. The third-order valence-electron chi connectivity index (χ3n) is 2.32. The number of non-ortho nitro benzene ring substituents is 1. The van der Waals surface area contributed by atoms with E-state index in [2.05, 4.69) is 4.98 Å². The topological polar surface area (TPSA) is 93.3 Å². The first-order valence-electron chi connectivity index (χ1n) is 5.28. The number of pyridine rings is 1. The van der Waals surface area contributed by atoms with Gasteiger partial charge in [-0.2, -0.15) is 0 Å². The first kappa shape index (κ1) is 14.7. The number of aromatic carboxylic acids is 1. The highest BCUT2D eigenvalue weighted by molar-refractivity contribution is 14.1. The third kappa shape index (κ3) is 3.45. The number of halogens is 1. The van der Waals surface area contributed by atoms with Gasteiger partial charge >= 0.3 is 5.97 Å². The summed E-state index contributed by atoms with van der Waals surface area (Å²) in [5.41, 5.74) is 0.153. The molecule has 2 aromatic rings. The molecule has 1 heterocycles. The second-order valence-electron chi connectivity index (χ2n) is 3.66. The van der Waals surface area contributed by atoms with Crippen LogP contribution in [-0.2, 0) is 0 Å². The van der Waals surface area contributed by atoms with Crippen LogP contribution in [0.1, 0.15) is 10.4 Å². The van der Waals surface area contributed by atoms with E-state index in [1.807, 2.05) is 22.6 Å². The van der Waals surface area contributed by atoms with Crippen LogP contribution in [0.15, 0.2) is 46.5 Å². The predicted octanol–water partition coefficient (Wildman–Crippen LogP) is 3.44. The van der Waals surface area contributed by atoms with Crippen LogP contribution in [0.3, 0.4) is 0 Å². The van der Waals surface area contributed by atoms with Crippen molar-refractivity contribution in [2.24, 2.45) is 0 Å². The number of carbonyl (C=O) groups is 1. The molecule has 0 radical (unpaired) electrons. The molecule has 0 aliphatic rings. The maximum absolute atomic E-state index is 10.7. The van der Waals surface area contributed by atoms with Crippen molar-refractivity contribution < 1.29 is 14.8 Å². The zero-order valence-electron chi connectivity index (χ0n) is 9.82. The summed E-state index contributed by atoms with van der Waals surface area (Å²) in [4.78, 5) is 25.8. The van der Waals surface area contributed by atoms with Crippen LogP contribution in [0.25, 0.3) is 0 Å². The van der Waals surface area contributed by atoms with E-state index in [1.165, 1.54) is 36.2 Å². The molecule has 0 amide bonds. The number of carboxylic acid groups (broad SMARTS) is 1. The van der Waals surface area contributed by atoms with Crippen molar-refractivity contribution >= 4 is 46.0 Å². The second kappa shape index (κ2) is 6.18. The van der Waals surface area contributed by atoms with Crippen LogP contribution in [-0.4, -0.2) is 21.0 Å². The highest BCUT2D eigenvalue weighted by atomic mass is 127. The fourth-order valence-electron chi connectivity index (χ4n) is 1.37. The summed E-state index contributed by atoms with van der Waals surface area (Å²) >= 11 is 3.34. The van der Waals surface area contributed by atoms with Gasteiger partial charge in [0.05, 0.1) is 10.5 Å². The van der Waals surface area contributed by atoms with Gasteiger partial charge in [-0.05, 0) is 40.8 Å². The SMILES string of the molecule is O=C(O)c1ccc(Sc2ccc([N+](=O)[O-])cc2I)nc1. The molecule has 0 unspecified atom stereocenters. The molecular weight excluding hydrogens is 395 g/mol. The number of nitro benzene ring substituents is 1. The summed E-state index contributed by atoms with van der Waals surface area (Å²) in [5.74, 6) is -1.03. The van der Waals surface area contributed by atoms with E-state index in [-0.39, 0.29) is 11.3 Å². The van der Waals surface area contributed by atoms with E-state index in [4.69, 9.17) is 5.11 Å². The predicted molar refractivity (Wildman–Crippen MR) is 81.1 cm³/mol. The van der Waals surface area contributed by atoms with Crippen LogP contribution >= 0.6 is 34.4 Å². The highest BCUT2D eigenvalue weighted by Crippen LogP contribution is 2.32. The van der Waals surface area contributed by atoms with Crippen molar-refractivity contribution in [1.29, 1.82) is 0 Å². The standard InChI is InChI=1S/C12H7IN2O4S/c13-9-5-8(15(18)19)2-3-10(9)20-11-4-1-7(6-14-11)12(16)17/h1-6H,(H,16,17). The van der Waals surface area contributed by atoms with Gasteiger partial charge in [0.15, 0.2) is 0 Å². The molecule has 0 saturated carbocycles. The Hall–Kier alpha value is -1.68. The lowest BCUT2D eigenvalue weighted by Crippen LogP contribution is -1.96. The summed E-state index contributed by atoms with van der Waals surface area (Å²) in [5, 5.41) is 20.1. The average Bonchev–Trinajstić information content (AvgIpc) is 2.41. The summed E-state index contributed by atoms with van der Waals surface area (Å²) < 4.78 is 0.742. The Morgan fingerprint density at radius 3 is 2.60 bits per heavy atom. The minimum atomic E-state index is -1.03. The zero-order chi connectivity index (χ0) is 14.7. The van der Waals surface area contributed by atoms with Gasteiger partial charge in [0.25, 0.3) is 5.69 Å². The van der Waals surface area contributed by atoms with E-state index in [9.17, 15) is 14.9 Å². The molecule has 1 aromatic carbocycles. The van der Waals surface area contributed by atoms with Gasteiger partial charge in [-0.15, -0.1) is 0 Å². The lowest BCUT2D eigenvalue weighted by Gasteiger charge is -2.04. The van der Waals surface area contributed by atoms with Crippen molar-refractivity contribution in [2.45, 2.75) is 9.92 Å². The van der Waals surface area contributed by atoms with Gasteiger partial charge in [0, 0.05) is 26.8 Å². The third-order valence-corrected chi connectivity index (χ3v) is 4.61. The number of nitrogens with zero attached hydrogens (tertiary/aromatic N) is 2. The van der Waals surface area contributed by atoms with Crippen molar-refractivity contribution in [3.05, 3.63) is 55.8 Å². The normalized spacial score (nSPS) is 10.2. The molecule has 0 bridgehead atoms. The minimum Gasteiger partial charge on any atom is -0.478 e. The second-order valence-corrected chi connectivity index (χ2v) is 5.89. The molecule has 0 spiro atoms. The van der Waals surface area contributed by atoms with Crippen LogP contribution in [0, 0.1) is 13.7 Å². The molecule has 20 heavy (non-hydrogen) atoms. The Kier molecular flexibility index (Phi) is 4.55. The Labute approximate surface area is 131 Å². The van der Waals surface area contributed by atoms with Gasteiger partial charge in [0.1, 0.15) is 5.03 Å². The van der Waals surface area contributed by atoms with Crippen LogP contribution in [0.2, 0.25) is 0 Å². The van der Waals surface area contributed by atoms with Gasteiger partial charge in [0.2, 0.25) is 0 Å². The number of rotatable bonds is 4. The number of hydrogen-bond acceptors (Lipinski definition) is 5. The monoisotopic (exact) mass is 402 g/mol. The smallest absolute Gasteiger partial charge is 0.337 e. The molecule has 1 N–H and O–H groups in total. The zero-order valence-corrected chi connectivity index (χ0v) is 12.8. The van der Waals surface area contributed by atoms with E-state index in [0.29, 0.717) is 5.03 Å². The van der Waals surface area contributed by atoms with Gasteiger partial charge in [-0.1, -0.05) is 11.8 Å². The molecule has 0 atom stereocenters. The Bertz CT molecular complexity index is 676. The lowest BCUT2D eigenvalue weighted by atomic mass is 10.3. The fraction of sp³-hybridized carbons (Fsp3) is 0. The van der Waals surface area contributed by atoms with Crippen LogP contribution < -0.4 is 0 Å². The molecule has 102 valence electrons. The van der Waals surface area contributed by atoms with Crippen LogP contribution in [0.4, 0.5) is 5.69 Å². The molecule has 0 fully saturated rings. The minimum absolute atomic E-state index is 0.0351. The highest BCUT2D eigenvalue weighted by Gasteiger charge is 2.11. The van der Waals surface area contributed by atoms with Gasteiger partial charge in [-0.3, -0.25) is 10.1 Å². The molecule has 0 saturated heterocycles. The summed E-state index contributed by atoms with van der Waals surface area (Å²) in [6.45, 7) is 0. The molecule has 0 aliphatic heterocycles. The Balaban J connectivity index is 2.21. The van der Waals surface area contributed by atoms with Gasteiger partial charge < -0.3 is 5.11 Å². The number of nitro groups is 1. The molecule has 8 heteroatoms. The largest absolute Gasteiger partial charge is 0.478 e. The van der Waals surface area contributed by atoms with Crippen molar-refractivity contribution in [3.8, 4) is 0 Å². The Morgan fingerprint density at radius 1 is 1.35 bits per heavy atom. The fourth-order valence-corrected chi connectivity index (χ4v) is 2.95. The first-order valence-corrected chi connectivity index (χ1v) is 7.18. The van der Waals surface area contributed by atoms with Crippen molar-refractivity contribution in [2.75, 3.05) is 0 Å². The number of benzene rings is 1. The number of hydrogen-bond donors (Lipinski definition) is 1. The summed E-state index contributed by atoms with van der Waals surface area (Å²) in [7, 11) is 0. The van der Waals surface area contributed by atoms with E-state index < -0.39 is 10.9 Å². The van der Waals surface area contributed by atoms with Crippen molar-refractivity contribution in [3.63, 3.8) is 0 Å². The Morgan fingerprint density at radius 2 is 2.10 bits per heavy atom.